The summed E-state index contributed by atoms with van der Waals surface area (Å²) in [5.74, 6) is -4.20. The number of ketones is 1. The number of rotatable bonds is 8. The third kappa shape index (κ3) is 9.63. The third-order valence-corrected chi connectivity index (χ3v) is 14.4. The van der Waals surface area contributed by atoms with Crippen molar-refractivity contribution >= 4 is 28.7 Å². The summed E-state index contributed by atoms with van der Waals surface area (Å²) in [5.41, 5.74) is -4.13. The molecule has 0 spiro atoms. The van der Waals surface area contributed by atoms with Crippen LogP contribution in [0.1, 0.15) is 109 Å². The maximum Gasteiger partial charge on any atom is 0.311 e. The highest BCUT2D eigenvalue weighted by atomic mass is 32.2. The van der Waals surface area contributed by atoms with Gasteiger partial charge in [0, 0.05) is 51.5 Å². The Hall–Kier alpha value is -1.40. The predicted molar refractivity (Wildman–Crippen MR) is 213 cm³/mol. The Morgan fingerprint density at radius 1 is 0.929 bits per heavy atom. The minimum atomic E-state index is -1.95. The van der Waals surface area contributed by atoms with Crippen molar-refractivity contribution in [2.45, 2.75) is 198 Å². The first-order valence-corrected chi connectivity index (χ1v) is 21.4. The molecule has 56 heavy (non-hydrogen) atoms. The van der Waals surface area contributed by atoms with E-state index in [1.165, 1.54) is 14.0 Å². The van der Waals surface area contributed by atoms with Gasteiger partial charge in [0.15, 0.2) is 17.7 Å². The number of carbonyl (C=O) groups excluding carboxylic acids is 2. The number of hydrogen-bond acceptors (Lipinski definition) is 14. The fraction of sp³-hybridized carbons (Fsp3) is 0.927. The van der Waals surface area contributed by atoms with Gasteiger partial charge in [0.05, 0.1) is 58.9 Å². The average Bonchev–Trinajstić information content (AvgIpc) is 3.44. The van der Waals surface area contributed by atoms with Gasteiger partial charge in [0.1, 0.15) is 23.6 Å². The molecule has 18 atom stereocenters. The van der Waals surface area contributed by atoms with E-state index in [2.05, 4.69) is 4.90 Å². The van der Waals surface area contributed by atoms with Gasteiger partial charge in [-0.3, -0.25) is 14.6 Å². The Morgan fingerprint density at radius 2 is 1.55 bits per heavy atom. The van der Waals surface area contributed by atoms with E-state index in [0.29, 0.717) is 0 Å². The van der Waals surface area contributed by atoms with Crippen molar-refractivity contribution < 1.29 is 58.1 Å². The van der Waals surface area contributed by atoms with Crippen LogP contribution in [0.2, 0.25) is 0 Å². The lowest BCUT2D eigenvalue weighted by atomic mass is 9.74. The van der Waals surface area contributed by atoms with Crippen molar-refractivity contribution in [1.82, 2.24) is 4.90 Å². The number of cyclic esters (lactones) is 1. The number of aliphatic hydroxyl groups is 3. The molecule has 0 aromatic rings. The summed E-state index contributed by atoms with van der Waals surface area (Å²) >= 11 is 1.62. The number of Topliss-reactive ketones (excluding diaryl/α,β-unsaturated/α-hetero) is 1. The second-order valence-corrected chi connectivity index (χ2v) is 19.0. The quantitative estimate of drug-likeness (QED) is 0.296. The lowest BCUT2D eigenvalue weighted by molar-refractivity contribution is -0.308. The van der Waals surface area contributed by atoms with E-state index in [4.69, 9.17) is 38.2 Å². The smallest absolute Gasteiger partial charge is 0.311 e. The zero-order valence-corrected chi connectivity index (χ0v) is 37.2. The molecule has 15 heteroatoms. The monoisotopic (exact) mass is 816 g/mol. The van der Waals surface area contributed by atoms with Gasteiger partial charge in [0.25, 0.3) is 0 Å². The summed E-state index contributed by atoms with van der Waals surface area (Å²) in [7, 11) is 5.15. The van der Waals surface area contributed by atoms with E-state index in [1.807, 2.05) is 41.7 Å². The van der Waals surface area contributed by atoms with Gasteiger partial charge in [0.2, 0.25) is 0 Å². The maximum atomic E-state index is 14.3. The third-order valence-electron chi connectivity index (χ3n) is 13.0. The predicted octanol–water partition coefficient (Wildman–Crippen LogP) is 4.33. The van der Waals surface area contributed by atoms with Crippen LogP contribution in [-0.2, 0) is 42.7 Å². The Balaban J connectivity index is 1.87. The molecule has 4 rings (SSSR count). The van der Waals surface area contributed by atoms with Crippen molar-refractivity contribution in [1.29, 1.82) is 0 Å². The van der Waals surface area contributed by atoms with Crippen LogP contribution in [0.25, 0.3) is 0 Å². The fourth-order valence-corrected chi connectivity index (χ4v) is 10.8. The zero-order chi connectivity index (χ0) is 42.2. The number of esters is 1. The van der Waals surface area contributed by atoms with E-state index < -0.39 is 95.6 Å². The first-order chi connectivity index (χ1) is 26.0. The summed E-state index contributed by atoms with van der Waals surface area (Å²) in [6.45, 7) is 21.7. The van der Waals surface area contributed by atoms with Crippen LogP contribution in [-0.4, -0.2) is 148 Å². The van der Waals surface area contributed by atoms with E-state index in [-0.39, 0.29) is 48.5 Å². The Bertz CT molecular complexity index is 1390. The van der Waals surface area contributed by atoms with E-state index >= 15 is 0 Å². The standard InChI is InChI=1S/C41H72N2O12S/c1-16-28-41(12,48)33(45)23(6)30(44)21(4)18-40(11,50-15)35(55-37-32-27(17-22(5)51-37)43(13)38(56-32)42-20(2)3)24(7)31(25(8)36(47)53-28)54-29-19-39(10,49-14)34(46)26(9)52-29/h20-29,31-35,37,45-46,48H,16-19H2,1-15H3/t21-,22-,23+,24+,25-,26+,27+,28?,29+,31?,32+,33-,34+,35-,37+,39-,40-,41-/m1/s1. The molecule has 4 heterocycles. The van der Waals surface area contributed by atoms with Crippen molar-refractivity contribution in [2.75, 3.05) is 21.3 Å². The highest BCUT2D eigenvalue weighted by molar-refractivity contribution is 8.14. The second-order valence-electron chi connectivity index (χ2n) is 17.9. The number of carbonyl (C=O) groups is 2. The summed E-state index contributed by atoms with van der Waals surface area (Å²) < 4.78 is 45.1. The normalized spacial score (nSPS) is 48.2. The molecule has 0 aromatic heterocycles. The summed E-state index contributed by atoms with van der Waals surface area (Å²) in [6, 6.07) is 0.168. The Labute approximate surface area is 339 Å². The van der Waals surface area contributed by atoms with E-state index in [0.717, 1.165) is 11.6 Å². The van der Waals surface area contributed by atoms with Gasteiger partial charge in [-0.2, -0.15) is 0 Å². The summed E-state index contributed by atoms with van der Waals surface area (Å²) in [4.78, 5) is 35.6. The largest absolute Gasteiger partial charge is 0.459 e. The minimum Gasteiger partial charge on any atom is -0.459 e. The molecule has 4 aliphatic rings. The van der Waals surface area contributed by atoms with Crippen molar-refractivity contribution in [3.05, 3.63) is 0 Å². The molecule has 4 fully saturated rings. The molecular formula is C41H72N2O12S. The van der Waals surface area contributed by atoms with Crippen LogP contribution < -0.4 is 0 Å². The van der Waals surface area contributed by atoms with Crippen LogP contribution in [0.5, 0.6) is 0 Å². The molecule has 0 aromatic carbocycles. The molecule has 2 unspecified atom stereocenters. The van der Waals surface area contributed by atoms with Crippen LogP contribution in [0, 0.1) is 23.7 Å². The van der Waals surface area contributed by atoms with Crippen LogP contribution in [0.15, 0.2) is 4.99 Å². The molecule has 0 bridgehead atoms. The minimum absolute atomic E-state index is 0.0756. The molecule has 4 saturated heterocycles. The molecule has 0 amide bonds. The number of ether oxygens (including phenoxy) is 7. The van der Waals surface area contributed by atoms with Crippen LogP contribution in [0.4, 0.5) is 0 Å². The van der Waals surface area contributed by atoms with Gasteiger partial charge in [-0.15, -0.1) is 0 Å². The molecule has 0 saturated carbocycles. The number of amidine groups is 1. The van der Waals surface area contributed by atoms with Gasteiger partial charge < -0.3 is 53.4 Å². The van der Waals surface area contributed by atoms with Crippen molar-refractivity contribution in [3.8, 4) is 0 Å². The SMILES string of the molecule is CCC1OC(=O)[C@H](C)C(O[C@H]2C[C@@](C)(OC)[C@@H](O)[C@H](C)O2)[C@H](C)[C@@H](O[C@@H]2O[C@H](C)C[C@H]3[C@@H]2SC(=NC(C)C)N3C)[C@](C)(OC)C[C@@H](C)C(=O)[C@H](C)[C@@H](O)[C@]1(C)O. The number of fused-ring (bicyclic) bond motifs is 1. The lowest BCUT2D eigenvalue weighted by Crippen LogP contribution is -2.60. The van der Waals surface area contributed by atoms with Crippen molar-refractivity contribution in [2.24, 2.45) is 28.7 Å². The first kappa shape index (κ1) is 47.3. The number of thioether (sulfide) groups is 1. The summed E-state index contributed by atoms with van der Waals surface area (Å²) in [5, 5.41) is 35.0. The molecule has 3 N–H and O–H groups in total. The number of aliphatic hydroxyl groups excluding tert-OH is 2. The Kier molecular flexibility index (Phi) is 15.6. The van der Waals surface area contributed by atoms with Gasteiger partial charge in [-0.1, -0.05) is 39.5 Å². The number of methoxy groups -OCH3 is 2. The van der Waals surface area contributed by atoms with E-state index in [1.54, 1.807) is 60.4 Å². The van der Waals surface area contributed by atoms with E-state index in [9.17, 15) is 24.9 Å². The number of aliphatic imine (C=N–C) groups is 1. The molecule has 324 valence electrons. The van der Waals surface area contributed by atoms with Crippen molar-refractivity contribution in [3.63, 3.8) is 0 Å². The second kappa shape index (κ2) is 18.5. The molecule has 4 aliphatic heterocycles. The molecule has 0 aliphatic carbocycles. The van der Waals surface area contributed by atoms with Crippen LogP contribution >= 0.6 is 11.8 Å². The molecular weight excluding hydrogens is 745 g/mol. The summed E-state index contributed by atoms with van der Waals surface area (Å²) in [6.07, 6.45) is -6.58. The van der Waals surface area contributed by atoms with Gasteiger partial charge in [-0.25, -0.2) is 0 Å². The maximum absolute atomic E-state index is 14.3. The van der Waals surface area contributed by atoms with Crippen LogP contribution in [0.3, 0.4) is 0 Å². The Morgan fingerprint density at radius 3 is 2.12 bits per heavy atom. The topological polar surface area (TPSA) is 175 Å². The molecule has 0 radical (unpaired) electrons. The highest BCUT2D eigenvalue weighted by Crippen LogP contribution is 2.45. The zero-order valence-electron chi connectivity index (χ0n) is 36.4. The number of nitrogens with zero attached hydrogens (tertiary/aromatic N) is 2. The fourth-order valence-electron chi connectivity index (χ4n) is 9.26. The molecule has 14 nitrogen and oxygen atoms in total. The highest BCUT2D eigenvalue weighted by Gasteiger charge is 2.55. The number of hydrogen-bond donors (Lipinski definition) is 3. The first-order valence-electron chi connectivity index (χ1n) is 20.5. The lowest BCUT2D eigenvalue weighted by Gasteiger charge is -2.49. The average molecular weight is 817 g/mol. The van der Waals surface area contributed by atoms with Gasteiger partial charge >= 0.3 is 5.97 Å². The van der Waals surface area contributed by atoms with Gasteiger partial charge in [-0.05, 0) is 74.7 Å².